The molecule has 0 spiro atoms. The van der Waals surface area contributed by atoms with E-state index in [9.17, 15) is 0 Å². The molecule has 0 heteroatoms. The molecule has 0 bridgehead atoms. The lowest BCUT2D eigenvalue weighted by Crippen LogP contribution is -2.21. The maximum atomic E-state index is 4.00. The van der Waals surface area contributed by atoms with E-state index in [-0.39, 0.29) is 0 Å². The third-order valence-corrected chi connectivity index (χ3v) is 3.07. The molecule has 1 atom stereocenters. The maximum Gasteiger partial charge on any atom is -0.0354 e. The minimum absolute atomic E-state index is 0.480. The molecular weight excluding hydrogens is 228 g/mol. The molecule has 0 aliphatic heterocycles. The molecule has 0 fully saturated rings. The van der Waals surface area contributed by atoms with Crippen molar-refractivity contribution < 1.29 is 0 Å². The van der Waals surface area contributed by atoms with E-state index in [2.05, 4.69) is 82.1 Å². The number of terminal acetylenes is 1. The lowest BCUT2D eigenvalue weighted by Gasteiger charge is -2.30. The van der Waals surface area contributed by atoms with Crippen molar-refractivity contribution in [2.24, 2.45) is 17.3 Å². The van der Waals surface area contributed by atoms with Crippen molar-refractivity contribution in [2.75, 3.05) is 0 Å². The largest absolute Gasteiger partial charge is 0.124 e. The molecule has 0 radical (unpaired) electrons. The van der Waals surface area contributed by atoms with Gasteiger partial charge < -0.3 is 0 Å². The minimum Gasteiger partial charge on any atom is -0.124 e. The monoisotopic (exact) mass is 270 g/mol. The molecule has 0 saturated carbocycles. The Labute approximate surface area is 125 Å². The zero-order valence-corrected chi connectivity index (χ0v) is 15.6. The Hall–Kier alpha value is -0.440. The van der Waals surface area contributed by atoms with E-state index in [1.807, 2.05) is 0 Å². The van der Waals surface area contributed by atoms with Crippen molar-refractivity contribution >= 4 is 0 Å². The second-order valence-corrected chi connectivity index (χ2v) is 6.46. The van der Waals surface area contributed by atoms with Crippen LogP contribution >= 0.6 is 0 Å². The average Bonchev–Trinajstić information content (AvgIpc) is 2.32. The van der Waals surface area contributed by atoms with Crippen LogP contribution in [0.1, 0.15) is 94.9 Å². The third kappa shape index (κ3) is 31.8. The van der Waals surface area contributed by atoms with E-state index in [1.165, 1.54) is 25.7 Å². The Morgan fingerprint density at radius 1 is 0.789 bits per heavy atom. The number of hydrogen-bond donors (Lipinski definition) is 0. The van der Waals surface area contributed by atoms with Crippen molar-refractivity contribution in [1.29, 1.82) is 0 Å². The lowest BCUT2D eigenvalue weighted by molar-refractivity contribution is 0.199. The van der Waals surface area contributed by atoms with Gasteiger partial charge in [0, 0.05) is 0 Å². The average molecular weight is 271 g/mol. The Morgan fingerprint density at radius 2 is 1.05 bits per heavy atom. The summed E-state index contributed by atoms with van der Waals surface area (Å²) in [5.41, 5.74) is 0.480. The fourth-order valence-corrected chi connectivity index (χ4v) is 1.35. The molecule has 0 aliphatic rings. The summed E-state index contributed by atoms with van der Waals surface area (Å²) >= 11 is 0. The van der Waals surface area contributed by atoms with Crippen LogP contribution in [0.25, 0.3) is 0 Å². The van der Waals surface area contributed by atoms with Gasteiger partial charge in [-0.05, 0) is 17.3 Å². The Balaban J connectivity index is -0.0000000952. The van der Waals surface area contributed by atoms with Gasteiger partial charge in [0.05, 0.1) is 0 Å². The SMILES string of the molecule is C#C.CC(C)C(C)C(C)(C)C.CCC.CCCCC. The molecule has 19 heavy (non-hydrogen) atoms. The van der Waals surface area contributed by atoms with Crippen LogP contribution < -0.4 is 0 Å². The molecule has 0 saturated heterocycles. The highest BCUT2D eigenvalue weighted by Gasteiger charge is 2.22. The number of hydrogen-bond acceptors (Lipinski definition) is 0. The van der Waals surface area contributed by atoms with E-state index in [0.717, 1.165) is 11.8 Å². The molecule has 118 valence electrons. The van der Waals surface area contributed by atoms with Crippen LogP contribution in [0, 0.1) is 30.1 Å². The summed E-state index contributed by atoms with van der Waals surface area (Å²) in [6.45, 7) is 22.5. The topological polar surface area (TPSA) is 0 Å². The van der Waals surface area contributed by atoms with Crippen molar-refractivity contribution in [3.05, 3.63) is 0 Å². The summed E-state index contributed by atoms with van der Waals surface area (Å²) in [5, 5.41) is 0. The molecule has 0 aromatic rings. The zero-order valence-electron chi connectivity index (χ0n) is 15.6. The van der Waals surface area contributed by atoms with Gasteiger partial charge in [0.25, 0.3) is 0 Å². The Morgan fingerprint density at radius 3 is 1.05 bits per heavy atom. The predicted octanol–water partition coefficient (Wildman–Crippen LogP) is 7.19. The quantitative estimate of drug-likeness (QED) is 0.476. The molecule has 0 nitrogen and oxygen atoms in total. The highest BCUT2D eigenvalue weighted by Crippen LogP contribution is 2.30. The van der Waals surface area contributed by atoms with Crippen LogP contribution in [-0.2, 0) is 0 Å². The molecule has 0 heterocycles. The normalized spacial score (nSPS) is 11.0. The molecule has 1 unspecified atom stereocenters. The molecule has 0 aromatic carbocycles. The Kier molecular flexibility index (Phi) is 28.3. The predicted molar refractivity (Wildman–Crippen MR) is 94.5 cm³/mol. The van der Waals surface area contributed by atoms with Gasteiger partial charge >= 0.3 is 0 Å². The third-order valence-electron chi connectivity index (χ3n) is 3.07. The number of rotatable bonds is 3. The van der Waals surface area contributed by atoms with Gasteiger partial charge in [-0.2, -0.15) is 0 Å². The standard InChI is InChI=1S/C9H20.C5H12.C3H8.C2H2/c1-7(2)8(3)9(4,5)6;1-3-5-4-2;1-3-2;1-2/h7-8H,1-6H3;3-5H2,1-2H3;3H2,1-2H3;1-2H. The second kappa shape index (κ2) is 19.9. The maximum absolute atomic E-state index is 4.00. The van der Waals surface area contributed by atoms with Crippen LogP contribution in [0.2, 0.25) is 0 Å². The van der Waals surface area contributed by atoms with Crippen molar-refractivity contribution in [2.45, 2.75) is 94.9 Å². The van der Waals surface area contributed by atoms with Crippen LogP contribution in [0.15, 0.2) is 0 Å². The van der Waals surface area contributed by atoms with Crippen molar-refractivity contribution in [1.82, 2.24) is 0 Å². The van der Waals surface area contributed by atoms with E-state index in [1.54, 1.807) is 0 Å². The first-order chi connectivity index (χ1) is 8.68. The summed E-state index contributed by atoms with van der Waals surface area (Å²) < 4.78 is 0. The summed E-state index contributed by atoms with van der Waals surface area (Å²) in [6.07, 6.45) is 13.3. The molecular formula is C19H42. The number of unbranched alkanes of at least 4 members (excludes halogenated alkanes) is 2. The van der Waals surface area contributed by atoms with Crippen LogP contribution in [0.3, 0.4) is 0 Å². The van der Waals surface area contributed by atoms with Gasteiger partial charge in [-0.3, -0.25) is 0 Å². The summed E-state index contributed by atoms with van der Waals surface area (Å²) in [5.74, 6) is 1.63. The van der Waals surface area contributed by atoms with Gasteiger partial charge in [-0.25, -0.2) is 0 Å². The minimum atomic E-state index is 0.480. The Bertz CT molecular complexity index is 143. The first kappa shape index (κ1) is 27.0. The smallest absolute Gasteiger partial charge is 0.0354 e. The van der Waals surface area contributed by atoms with Gasteiger partial charge in [-0.15, -0.1) is 12.8 Å². The summed E-state index contributed by atoms with van der Waals surface area (Å²) in [6, 6.07) is 0. The molecule has 0 N–H and O–H groups in total. The fourth-order valence-electron chi connectivity index (χ4n) is 1.35. The van der Waals surface area contributed by atoms with E-state index < -0.39 is 0 Å². The van der Waals surface area contributed by atoms with Gasteiger partial charge in [-0.1, -0.05) is 94.9 Å². The first-order valence-corrected chi connectivity index (χ1v) is 8.02. The molecule has 0 aromatic heterocycles. The first-order valence-electron chi connectivity index (χ1n) is 8.02. The highest BCUT2D eigenvalue weighted by atomic mass is 14.3. The molecule has 0 amide bonds. The summed E-state index contributed by atoms with van der Waals surface area (Å²) in [4.78, 5) is 0. The van der Waals surface area contributed by atoms with E-state index in [0.29, 0.717) is 5.41 Å². The molecule has 0 aliphatic carbocycles. The van der Waals surface area contributed by atoms with Gasteiger partial charge in [0.2, 0.25) is 0 Å². The zero-order chi connectivity index (χ0) is 16.5. The van der Waals surface area contributed by atoms with Crippen molar-refractivity contribution in [3.8, 4) is 12.8 Å². The fraction of sp³-hybridized carbons (Fsp3) is 0.895. The van der Waals surface area contributed by atoms with Crippen LogP contribution in [0.5, 0.6) is 0 Å². The second-order valence-electron chi connectivity index (χ2n) is 6.46. The van der Waals surface area contributed by atoms with Crippen molar-refractivity contribution in [3.63, 3.8) is 0 Å². The van der Waals surface area contributed by atoms with Crippen LogP contribution in [-0.4, -0.2) is 0 Å². The highest BCUT2D eigenvalue weighted by molar-refractivity contribution is 4.71. The van der Waals surface area contributed by atoms with Gasteiger partial charge in [0.15, 0.2) is 0 Å². The summed E-state index contributed by atoms with van der Waals surface area (Å²) in [7, 11) is 0. The molecule has 0 rings (SSSR count). The lowest BCUT2D eigenvalue weighted by atomic mass is 9.76. The van der Waals surface area contributed by atoms with Gasteiger partial charge in [0.1, 0.15) is 0 Å². The van der Waals surface area contributed by atoms with Crippen LogP contribution in [0.4, 0.5) is 0 Å². The van der Waals surface area contributed by atoms with E-state index in [4.69, 9.17) is 0 Å². The van der Waals surface area contributed by atoms with E-state index >= 15 is 0 Å².